The Kier molecular flexibility index (Phi) is 6.14. The quantitative estimate of drug-likeness (QED) is 0.454. The molecule has 4 nitrogen and oxygen atoms in total. The molecular formula is C26H22N2O2. The Balaban J connectivity index is 1.92. The first-order valence-electron chi connectivity index (χ1n) is 9.44. The van der Waals surface area contributed by atoms with Crippen LogP contribution in [0.25, 0.3) is 11.1 Å². The molecule has 0 atom stereocenters. The number of nitrogens with one attached hydrogen (secondary N) is 2. The Morgan fingerprint density at radius 2 is 1.60 bits per heavy atom. The fraction of sp³-hybridized carbons (Fsp3) is 0.0769. The molecule has 0 spiro atoms. The summed E-state index contributed by atoms with van der Waals surface area (Å²) in [6, 6.07) is 18.5. The van der Waals surface area contributed by atoms with Gasteiger partial charge in [0.05, 0.1) is 0 Å². The van der Waals surface area contributed by atoms with Crippen LogP contribution in [0.2, 0.25) is 0 Å². The van der Waals surface area contributed by atoms with Crippen LogP contribution in [-0.4, -0.2) is 11.8 Å². The number of hydrogen-bond acceptors (Lipinski definition) is 2. The number of carbonyl (C=O) groups excluding carboxylic acids is 2. The smallest absolute Gasteiger partial charge is 0.255 e. The van der Waals surface area contributed by atoms with Crippen molar-refractivity contribution in [1.29, 1.82) is 0 Å². The highest BCUT2D eigenvalue weighted by Crippen LogP contribution is 2.26. The topological polar surface area (TPSA) is 58.2 Å². The van der Waals surface area contributed by atoms with Gasteiger partial charge in [0, 0.05) is 22.5 Å². The fourth-order valence-electron chi connectivity index (χ4n) is 3.15. The minimum atomic E-state index is -0.275. The molecule has 0 unspecified atom stereocenters. The van der Waals surface area contributed by atoms with Crippen molar-refractivity contribution in [2.75, 3.05) is 10.6 Å². The summed E-state index contributed by atoms with van der Waals surface area (Å²) in [7, 11) is 0. The lowest BCUT2D eigenvalue weighted by Crippen LogP contribution is -2.14. The highest BCUT2D eigenvalue weighted by molar-refractivity contribution is 6.06. The number of anilines is 2. The summed E-state index contributed by atoms with van der Waals surface area (Å²) < 4.78 is 0. The number of amides is 2. The average Bonchev–Trinajstić information content (AvgIpc) is 2.76. The molecule has 0 aromatic heterocycles. The van der Waals surface area contributed by atoms with Gasteiger partial charge < -0.3 is 10.6 Å². The number of aryl methyl sites for hydroxylation is 2. The standard InChI is InChI=1S/C26H22N2O2/c1-5-19-14-21(20-10-12-23(13-11-20)27-24(29)6-2)16-22(15-19)26(30)28-25-17(3)8-7-9-18(25)4/h1,6-16H,2H2,3-4H3,(H,27,29)(H,28,30). The lowest BCUT2D eigenvalue weighted by atomic mass is 9.99. The number of hydrogen-bond donors (Lipinski definition) is 2. The predicted molar refractivity (Wildman–Crippen MR) is 123 cm³/mol. The number of benzene rings is 3. The zero-order valence-corrected chi connectivity index (χ0v) is 17.0. The number of terminal acetylenes is 1. The van der Waals surface area contributed by atoms with E-state index in [-0.39, 0.29) is 11.8 Å². The molecule has 2 amide bonds. The van der Waals surface area contributed by atoms with E-state index in [4.69, 9.17) is 6.42 Å². The van der Waals surface area contributed by atoms with Crippen molar-refractivity contribution in [2.45, 2.75) is 13.8 Å². The maximum absolute atomic E-state index is 12.9. The van der Waals surface area contributed by atoms with E-state index in [0.717, 1.165) is 27.9 Å². The van der Waals surface area contributed by atoms with Crippen molar-refractivity contribution in [3.63, 3.8) is 0 Å². The number of carbonyl (C=O) groups is 2. The van der Waals surface area contributed by atoms with Gasteiger partial charge in [-0.1, -0.05) is 42.8 Å². The van der Waals surface area contributed by atoms with Gasteiger partial charge >= 0.3 is 0 Å². The molecule has 0 saturated heterocycles. The van der Waals surface area contributed by atoms with Crippen molar-refractivity contribution < 1.29 is 9.59 Å². The first-order chi connectivity index (χ1) is 14.4. The van der Waals surface area contributed by atoms with Gasteiger partial charge in [-0.2, -0.15) is 0 Å². The molecule has 0 aliphatic heterocycles. The van der Waals surface area contributed by atoms with E-state index < -0.39 is 0 Å². The minimum Gasteiger partial charge on any atom is -0.323 e. The molecule has 3 rings (SSSR count). The summed E-state index contributed by atoms with van der Waals surface area (Å²) in [5, 5.41) is 5.70. The van der Waals surface area contributed by atoms with Crippen LogP contribution in [0.5, 0.6) is 0 Å². The molecule has 0 saturated carbocycles. The van der Waals surface area contributed by atoms with Gasteiger partial charge in [0.25, 0.3) is 5.91 Å². The van der Waals surface area contributed by atoms with E-state index in [1.807, 2.05) is 50.2 Å². The highest BCUT2D eigenvalue weighted by atomic mass is 16.2. The third kappa shape index (κ3) is 4.65. The van der Waals surface area contributed by atoms with Crippen molar-refractivity contribution in [1.82, 2.24) is 0 Å². The van der Waals surface area contributed by atoms with Crippen molar-refractivity contribution in [3.8, 4) is 23.5 Å². The second-order valence-electron chi connectivity index (χ2n) is 6.94. The molecule has 3 aromatic rings. The first-order valence-corrected chi connectivity index (χ1v) is 9.44. The summed E-state index contributed by atoms with van der Waals surface area (Å²) in [5.41, 5.74) is 6.24. The van der Waals surface area contributed by atoms with Crippen molar-refractivity contribution in [2.24, 2.45) is 0 Å². The van der Waals surface area contributed by atoms with Crippen LogP contribution in [0.1, 0.15) is 27.0 Å². The highest BCUT2D eigenvalue weighted by Gasteiger charge is 2.12. The molecule has 0 aliphatic rings. The minimum absolute atomic E-state index is 0.222. The van der Waals surface area contributed by atoms with Crippen molar-refractivity contribution >= 4 is 23.2 Å². The third-order valence-corrected chi connectivity index (χ3v) is 4.75. The summed E-state index contributed by atoms with van der Waals surface area (Å²) >= 11 is 0. The molecular weight excluding hydrogens is 372 g/mol. The fourth-order valence-corrected chi connectivity index (χ4v) is 3.15. The van der Waals surface area contributed by atoms with Gasteiger partial charge in [0.2, 0.25) is 5.91 Å². The normalized spacial score (nSPS) is 10.0. The molecule has 0 aliphatic carbocycles. The van der Waals surface area contributed by atoms with Crippen LogP contribution in [0, 0.1) is 26.2 Å². The van der Waals surface area contributed by atoms with E-state index in [1.165, 1.54) is 6.08 Å². The molecule has 0 bridgehead atoms. The lowest BCUT2D eigenvalue weighted by molar-refractivity contribution is -0.111. The Morgan fingerprint density at radius 1 is 0.933 bits per heavy atom. The molecule has 3 aromatic carbocycles. The maximum Gasteiger partial charge on any atom is 0.255 e. The van der Waals surface area contributed by atoms with E-state index in [1.54, 1.807) is 24.3 Å². The molecule has 0 heterocycles. The van der Waals surface area contributed by atoms with E-state index in [2.05, 4.69) is 23.1 Å². The molecule has 148 valence electrons. The Morgan fingerprint density at radius 3 is 2.20 bits per heavy atom. The van der Waals surface area contributed by atoms with Crippen LogP contribution in [-0.2, 0) is 4.79 Å². The SMILES string of the molecule is C#Cc1cc(C(=O)Nc2c(C)cccc2C)cc(-c2ccc(NC(=O)C=C)cc2)c1. The van der Waals surface area contributed by atoms with Gasteiger partial charge in [-0.3, -0.25) is 9.59 Å². The van der Waals surface area contributed by atoms with Crippen LogP contribution in [0.3, 0.4) is 0 Å². The largest absolute Gasteiger partial charge is 0.323 e. The van der Waals surface area contributed by atoms with E-state index in [0.29, 0.717) is 16.8 Å². The van der Waals surface area contributed by atoms with Gasteiger partial charge in [0.1, 0.15) is 0 Å². The summed E-state index contributed by atoms with van der Waals surface area (Å²) in [6.45, 7) is 7.35. The van der Waals surface area contributed by atoms with Crippen molar-refractivity contribution in [3.05, 3.63) is 95.6 Å². The summed E-state index contributed by atoms with van der Waals surface area (Å²) in [4.78, 5) is 24.4. The van der Waals surface area contributed by atoms with Crippen LogP contribution in [0.4, 0.5) is 11.4 Å². The number of para-hydroxylation sites is 1. The van der Waals surface area contributed by atoms with Gasteiger partial charge in [-0.05, 0) is 72.5 Å². The van der Waals surface area contributed by atoms with Gasteiger partial charge in [0.15, 0.2) is 0 Å². The monoisotopic (exact) mass is 394 g/mol. The maximum atomic E-state index is 12.9. The zero-order valence-electron chi connectivity index (χ0n) is 17.0. The van der Waals surface area contributed by atoms with Gasteiger partial charge in [-0.25, -0.2) is 0 Å². The summed E-state index contributed by atoms with van der Waals surface area (Å²) in [5.74, 6) is 2.12. The Labute approximate surface area is 176 Å². The summed E-state index contributed by atoms with van der Waals surface area (Å²) in [6.07, 6.45) is 6.84. The van der Waals surface area contributed by atoms with E-state index in [9.17, 15) is 9.59 Å². The van der Waals surface area contributed by atoms with Gasteiger partial charge in [-0.15, -0.1) is 6.42 Å². The predicted octanol–water partition coefficient (Wildman–Crippen LogP) is 5.33. The lowest BCUT2D eigenvalue weighted by Gasteiger charge is -2.13. The van der Waals surface area contributed by atoms with Crippen LogP contribution < -0.4 is 10.6 Å². The molecule has 2 N–H and O–H groups in total. The number of rotatable bonds is 5. The molecule has 30 heavy (non-hydrogen) atoms. The second-order valence-corrected chi connectivity index (χ2v) is 6.94. The third-order valence-electron chi connectivity index (χ3n) is 4.75. The van der Waals surface area contributed by atoms with Crippen LogP contribution >= 0.6 is 0 Å². The first kappa shape index (κ1) is 20.6. The Hall–Kier alpha value is -4.10. The molecule has 0 fully saturated rings. The Bertz CT molecular complexity index is 1150. The van der Waals surface area contributed by atoms with E-state index >= 15 is 0 Å². The molecule has 4 heteroatoms. The molecule has 0 radical (unpaired) electrons. The second kappa shape index (κ2) is 8.93. The zero-order chi connectivity index (χ0) is 21.7. The average molecular weight is 394 g/mol. The van der Waals surface area contributed by atoms with Crippen LogP contribution in [0.15, 0.2) is 73.3 Å².